The van der Waals surface area contributed by atoms with Gasteiger partial charge in [0.25, 0.3) is 0 Å². The highest BCUT2D eigenvalue weighted by atomic mass is 32.2. The van der Waals surface area contributed by atoms with Crippen molar-refractivity contribution in [2.24, 2.45) is 5.73 Å². The summed E-state index contributed by atoms with van der Waals surface area (Å²) in [5.41, 5.74) is 6.93. The van der Waals surface area contributed by atoms with Crippen LogP contribution in [0.15, 0.2) is 53.7 Å². The highest BCUT2D eigenvalue weighted by molar-refractivity contribution is 7.98. The first kappa shape index (κ1) is 12.4. The average molecular weight is 259 g/mol. The fraction of sp³-hybridized carbons (Fsp3) is 0.0769. The topological polar surface area (TPSA) is 68.0 Å². The zero-order chi connectivity index (χ0) is 12.8. The molecule has 0 unspecified atom stereocenters. The molecule has 0 atom stereocenters. The molecule has 1 aromatic carbocycles. The van der Waals surface area contributed by atoms with Gasteiger partial charge >= 0.3 is 6.03 Å². The molecule has 0 aliphatic rings. The van der Waals surface area contributed by atoms with Crippen LogP contribution in [0.4, 0.5) is 10.5 Å². The molecule has 1 heterocycles. The van der Waals surface area contributed by atoms with Crippen molar-refractivity contribution in [2.75, 3.05) is 5.32 Å². The van der Waals surface area contributed by atoms with Gasteiger partial charge in [-0.3, -0.25) is 4.98 Å². The van der Waals surface area contributed by atoms with Crippen LogP contribution in [0.1, 0.15) is 5.56 Å². The summed E-state index contributed by atoms with van der Waals surface area (Å²) in [6.45, 7) is 0. The molecular weight excluding hydrogens is 246 g/mol. The Hall–Kier alpha value is -2.01. The van der Waals surface area contributed by atoms with Gasteiger partial charge in [0.2, 0.25) is 0 Å². The van der Waals surface area contributed by atoms with Gasteiger partial charge < -0.3 is 11.1 Å². The van der Waals surface area contributed by atoms with E-state index in [0.717, 1.165) is 5.75 Å². The first-order valence-electron chi connectivity index (χ1n) is 5.42. The smallest absolute Gasteiger partial charge is 0.316 e. The summed E-state index contributed by atoms with van der Waals surface area (Å²) < 4.78 is 0. The van der Waals surface area contributed by atoms with Crippen LogP contribution >= 0.6 is 11.8 Å². The van der Waals surface area contributed by atoms with Gasteiger partial charge in [0, 0.05) is 28.7 Å². The summed E-state index contributed by atoms with van der Waals surface area (Å²) in [7, 11) is 0. The molecule has 0 bridgehead atoms. The lowest BCUT2D eigenvalue weighted by Crippen LogP contribution is -2.19. The molecule has 0 aliphatic carbocycles. The summed E-state index contributed by atoms with van der Waals surface area (Å²) in [6.07, 6.45) is 3.56. The number of rotatable bonds is 4. The summed E-state index contributed by atoms with van der Waals surface area (Å²) in [5.74, 6) is 0.876. The first-order valence-corrected chi connectivity index (χ1v) is 6.41. The van der Waals surface area contributed by atoms with Gasteiger partial charge in [0.15, 0.2) is 0 Å². The molecule has 0 spiro atoms. The minimum atomic E-state index is -0.547. The van der Waals surface area contributed by atoms with E-state index in [1.165, 1.54) is 10.5 Å². The molecule has 5 heteroatoms. The second kappa shape index (κ2) is 6.07. The van der Waals surface area contributed by atoms with Crippen molar-refractivity contribution in [3.63, 3.8) is 0 Å². The minimum absolute atomic E-state index is 0.547. The van der Waals surface area contributed by atoms with E-state index in [9.17, 15) is 4.79 Å². The summed E-state index contributed by atoms with van der Waals surface area (Å²) in [4.78, 5) is 15.8. The predicted octanol–water partition coefficient (Wildman–Crippen LogP) is 2.86. The van der Waals surface area contributed by atoms with E-state index in [2.05, 4.69) is 10.3 Å². The number of thioether (sulfide) groups is 1. The Bertz CT molecular complexity index is 514. The van der Waals surface area contributed by atoms with Gasteiger partial charge in [-0.15, -0.1) is 11.8 Å². The SMILES string of the molecule is NC(=O)Nc1ccc(CSc2ccncc2)cc1. The van der Waals surface area contributed by atoms with E-state index in [-0.39, 0.29) is 0 Å². The van der Waals surface area contributed by atoms with Crippen LogP contribution in [0, 0.1) is 0 Å². The lowest BCUT2D eigenvalue weighted by Gasteiger charge is -2.04. The maximum atomic E-state index is 10.7. The number of hydrogen-bond donors (Lipinski definition) is 2. The average Bonchev–Trinajstić information content (AvgIpc) is 2.38. The number of carbonyl (C=O) groups is 1. The Labute approximate surface area is 110 Å². The standard InChI is InChI=1S/C13H13N3OS/c14-13(17)16-11-3-1-10(2-4-11)9-18-12-5-7-15-8-6-12/h1-8H,9H2,(H3,14,16,17). The maximum absolute atomic E-state index is 10.7. The molecule has 4 nitrogen and oxygen atoms in total. The van der Waals surface area contributed by atoms with Crippen molar-refractivity contribution in [3.8, 4) is 0 Å². The molecule has 92 valence electrons. The van der Waals surface area contributed by atoms with Gasteiger partial charge in [-0.2, -0.15) is 0 Å². The van der Waals surface area contributed by atoms with Crippen LogP contribution in [0.5, 0.6) is 0 Å². The van der Waals surface area contributed by atoms with Gasteiger partial charge in [-0.05, 0) is 29.8 Å². The van der Waals surface area contributed by atoms with Crippen molar-refractivity contribution >= 4 is 23.5 Å². The lowest BCUT2D eigenvalue weighted by molar-refractivity contribution is 0.259. The number of nitrogens with one attached hydrogen (secondary N) is 1. The molecule has 2 amide bonds. The number of nitrogens with zero attached hydrogens (tertiary/aromatic N) is 1. The number of benzene rings is 1. The summed E-state index contributed by atoms with van der Waals surface area (Å²) >= 11 is 1.74. The molecule has 0 saturated heterocycles. The van der Waals surface area contributed by atoms with Gasteiger partial charge in [-0.1, -0.05) is 12.1 Å². The summed E-state index contributed by atoms with van der Waals surface area (Å²) in [5, 5.41) is 2.53. The number of aromatic nitrogens is 1. The van der Waals surface area contributed by atoms with E-state index in [1.807, 2.05) is 36.4 Å². The van der Waals surface area contributed by atoms with Crippen LogP contribution in [0.25, 0.3) is 0 Å². The fourth-order valence-electron chi connectivity index (χ4n) is 1.43. The minimum Gasteiger partial charge on any atom is -0.351 e. The molecule has 3 N–H and O–H groups in total. The number of hydrogen-bond acceptors (Lipinski definition) is 3. The zero-order valence-electron chi connectivity index (χ0n) is 9.67. The first-order chi connectivity index (χ1) is 8.74. The van der Waals surface area contributed by atoms with Crippen LogP contribution in [-0.4, -0.2) is 11.0 Å². The molecule has 0 aliphatic heterocycles. The number of urea groups is 1. The monoisotopic (exact) mass is 259 g/mol. The van der Waals surface area contributed by atoms with E-state index < -0.39 is 6.03 Å². The quantitative estimate of drug-likeness (QED) is 0.830. The summed E-state index contributed by atoms with van der Waals surface area (Å²) in [6, 6.07) is 11.0. The van der Waals surface area contributed by atoms with Crippen molar-refractivity contribution in [2.45, 2.75) is 10.6 Å². The molecule has 0 radical (unpaired) electrons. The Balaban J connectivity index is 1.92. The van der Waals surface area contributed by atoms with Gasteiger partial charge in [-0.25, -0.2) is 4.79 Å². The number of carbonyl (C=O) groups excluding carboxylic acids is 1. The Morgan fingerprint density at radius 1 is 1.17 bits per heavy atom. The van der Waals surface area contributed by atoms with Crippen molar-refractivity contribution < 1.29 is 4.79 Å². The molecule has 18 heavy (non-hydrogen) atoms. The number of anilines is 1. The van der Waals surface area contributed by atoms with Crippen LogP contribution in [0.2, 0.25) is 0 Å². The molecule has 0 saturated carbocycles. The van der Waals surface area contributed by atoms with Crippen LogP contribution in [0.3, 0.4) is 0 Å². The molecule has 2 rings (SSSR count). The number of pyridine rings is 1. The second-order valence-corrected chi connectivity index (χ2v) is 4.71. The Kier molecular flexibility index (Phi) is 4.20. The number of nitrogens with two attached hydrogens (primary N) is 1. The van der Waals surface area contributed by atoms with E-state index in [4.69, 9.17) is 5.73 Å². The Morgan fingerprint density at radius 3 is 2.44 bits per heavy atom. The highest BCUT2D eigenvalue weighted by Crippen LogP contribution is 2.22. The molecule has 0 fully saturated rings. The van der Waals surface area contributed by atoms with Gasteiger partial charge in [0.05, 0.1) is 0 Å². The molecular formula is C13H13N3OS. The third kappa shape index (κ3) is 3.78. The largest absolute Gasteiger partial charge is 0.351 e. The highest BCUT2D eigenvalue weighted by Gasteiger charge is 1.98. The van der Waals surface area contributed by atoms with E-state index in [1.54, 1.807) is 24.2 Å². The van der Waals surface area contributed by atoms with E-state index in [0.29, 0.717) is 5.69 Å². The Morgan fingerprint density at radius 2 is 1.83 bits per heavy atom. The predicted molar refractivity (Wildman–Crippen MR) is 73.4 cm³/mol. The van der Waals surface area contributed by atoms with E-state index >= 15 is 0 Å². The zero-order valence-corrected chi connectivity index (χ0v) is 10.5. The lowest BCUT2D eigenvalue weighted by atomic mass is 10.2. The maximum Gasteiger partial charge on any atom is 0.316 e. The van der Waals surface area contributed by atoms with Crippen molar-refractivity contribution in [1.29, 1.82) is 0 Å². The van der Waals surface area contributed by atoms with Crippen LogP contribution < -0.4 is 11.1 Å². The molecule has 1 aromatic heterocycles. The van der Waals surface area contributed by atoms with Gasteiger partial charge in [0.1, 0.15) is 0 Å². The molecule has 2 aromatic rings. The van der Waals surface area contributed by atoms with Crippen LogP contribution in [-0.2, 0) is 5.75 Å². The fourth-order valence-corrected chi connectivity index (χ4v) is 2.27. The number of amides is 2. The van der Waals surface area contributed by atoms with Crippen molar-refractivity contribution in [3.05, 3.63) is 54.4 Å². The number of primary amides is 1. The third-order valence-electron chi connectivity index (χ3n) is 2.28. The second-order valence-electron chi connectivity index (χ2n) is 3.66. The normalized spacial score (nSPS) is 10.0. The third-order valence-corrected chi connectivity index (χ3v) is 3.36. The van der Waals surface area contributed by atoms with Crippen molar-refractivity contribution in [1.82, 2.24) is 4.98 Å².